The van der Waals surface area contributed by atoms with Gasteiger partial charge in [-0.25, -0.2) is 4.98 Å². The smallest absolute Gasteiger partial charge is 0.347 e. The van der Waals surface area contributed by atoms with Crippen molar-refractivity contribution in [3.8, 4) is 0 Å². The van der Waals surface area contributed by atoms with Crippen molar-refractivity contribution in [3.05, 3.63) is 27.4 Å². The van der Waals surface area contributed by atoms with E-state index in [4.69, 9.17) is 0 Å². The minimum atomic E-state index is -4.38. The lowest BCUT2D eigenvalue weighted by Gasteiger charge is -2.18. The molecular formula is C12H16F3N3O2. The molecule has 112 valence electrons. The zero-order chi connectivity index (χ0) is 15.5. The molecule has 1 atom stereocenters. The monoisotopic (exact) mass is 291 g/mol. The van der Waals surface area contributed by atoms with Crippen LogP contribution in [0.25, 0.3) is 0 Å². The van der Waals surface area contributed by atoms with Crippen LogP contribution in [0.5, 0.6) is 0 Å². The van der Waals surface area contributed by atoms with E-state index in [0.717, 1.165) is 0 Å². The van der Waals surface area contributed by atoms with Crippen molar-refractivity contribution in [2.45, 2.75) is 45.8 Å². The molecule has 0 radical (unpaired) electrons. The minimum Gasteiger partial charge on any atom is -0.347 e. The van der Waals surface area contributed by atoms with Crippen LogP contribution in [0.15, 0.2) is 4.79 Å². The Kier molecular flexibility index (Phi) is 4.91. The molecule has 0 aromatic carbocycles. The highest BCUT2D eigenvalue weighted by atomic mass is 19.4. The topological polar surface area (TPSA) is 74.8 Å². The fourth-order valence-corrected chi connectivity index (χ4v) is 1.61. The number of nitrogens with zero attached hydrogens (tertiary/aromatic N) is 1. The summed E-state index contributed by atoms with van der Waals surface area (Å²) in [6, 6.07) is -1.08. The van der Waals surface area contributed by atoms with Gasteiger partial charge in [0, 0.05) is 11.7 Å². The van der Waals surface area contributed by atoms with Gasteiger partial charge in [-0.05, 0) is 20.3 Å². The average Bonchev–Trinajstić information content (AvgIpc) is 2.31. The Morgan fingerprint density at radius 2 is 2.00 bits per heavy atom. The third-order valence-corrected chi connectivity index (χ3v) is 2.86. The van der Waals surface area contributed by atoms with Gasteiger partial charge in [0.15, 0.2) is 5.69 Å². The first-order chi connectivity index (χ1) is 9.14. The van der Waals surface area contributed by atoms with E-state index < -0.39 is 35.8 Å². The first kappa shape index (κ1) is 16.2. The number of halogens is 3. The number of carbonyl (C=O) groups is 1. The number of hydrogen-bond donors (Lipinski definition) is 2. The first-order valence-corrected chi connectivity index (χ1v) is 6.09. The van der Waals surface area contributed by atoms with Gasteiger partial charge >= 0.3 is 6.18 Å². The largest absolute Gasteiger partial charge is 0.391 e. The van der Waals surface area contributed by atoms with Gasteiger partial charge in [0.25, 0.3) is 11.5 Å². The number of H-pyrrole nitrogens is 1. The molecule has 0 aliphatic carbocycles. The Bertz CT molecular complexity index is 552. The van der Waals surface area contributed by atoms with Crippen LogP contribution in [0.1, 0.15) is 41.6 Å². The summed E-state index contributed by atoms with van der Waals surface area (Å²) in [5.41, 5.74) is -0.186. The maximum atomic E-state index is 12.3. The number of carbonyl (C=O) groups excluding carboxylic acids is 1. The first-order valence-electron chi connectivity index (χ1n) is 6.09. The number of rotatable bonds is 4. The molecule has 0 bridgehead atoms. The second kappa shape index (κ2) is 6.06. The molecule has 0 aliphatic heterocycles. The number of aromatic nitrogens is 2. The zero-order valence-electron chi connectivity index (χ0n) is 11.4. The van der Waals surface area contributed by atoms with Crippen molar-refractivity contribution in [2.24, 2.45) is 0 Å². The number of amides is 1. The van der Waals surface area contributed by atoms with E-state index in [1.807, 2.05) is 0 Å². The third kappa shape index (κ3) is 4.36. The van der Waals surface area contributed by atoms with E-state index in [1.165, 1.54) is 6.92 Å². The summed E-state index contributed by atoms with van der Waals surface area (Å²) in [5.74, 6) is -0.898. The molecule has 1 heterocycles. The number of nitrogens with one attached hydrogen (secondary N) is 2. The van der Waals surface area contributed by atoms with Gasteiger partial charge in [-0.15, -0.1) is 0 Å². The van der Waals surface area contributed by atoms with Gasteiger partial charge in [-0.2, -0.15) is 13.2 Å². The van der Waals surface area contributed by atoms with Crippen LogP contribution in [0.4, 0.5) is 13.2 Å². The van der Waals surface area contributed by atoms with Crippen LogP contribution in [0.3, 0.4) is 0 Å². The summed E-state index contributed by atoms with van der Waals surface area (Å²) in [7, 11) is 0. The molecule has 1 rings (SSSR count). The van der Waals surface area contributed by atoms with Crippen molar-refractivity contribution >= 4 is 5.91 Å². The number of hydrogen-bond acceptors (Lipinski definition) is 3. The minimum absolute atomic E-state index is 0.105. The number of aryl methyl sites for hydroxylation is 2. The molecule has 20 heavy (non-hydrogen) atoms. The Balaban J connectivity index is 2.90. The summed E-state index contributed by atoms with van der Waals surface area (Å²) >= 11 is 0. The van der Waals surface area contributed by atoms with Gasteiger partial charge in [0.2, 0.25) is 0 Å². The van der Waals surface area contributed by atoms with Crippen molar-refractivity contribution in [1.29, 1.82) is 0 Å². The molecule has 0 saturated carbocycles. The lowest BCUT2D eigenvalue weighted by atomic mass is 10.1. The third-order valence-electron chi connectivity index (χ3n) is 2.86. The Hall–Kier alpha value is -1.86. The molecule has 1 aromatic heterocycles. The predicted octanol–water partition coefficient (Wildman–Crippen LogP) is 1.85. The molecule has 5 nitrogen and oxygen atoms in total. The molecule has 8 heteroatoms. The summed E-state index contributed by atoms with van der Waals surface area (Å²) in [6.07, 6.45) is -5.41. The van der Waals surface area contributed by atoms with Crippen molar-refractivity contribution in [1.82, 2.24) is 15.3 Å². The number of alkyl halides is 3. The molecule has 1 amide bonds. The standard InChI is InChI=1S/C12H16F3N3O2/c1-4-8(5-12(13,14)15)18-11(20)9-10(19)17-7(3)6(2)16-9/h8H,4-5H2,1-3H3,(H,17,19)(H,18,20)/t8-/m0/s1. The molecule has 0 fully saturated rings. The average molecular weight is 291 g/mol. The van der Waals surface area contributed by atoms with Crippen LogP contribution >= 0.6 is 0 Å². The van der Waals surface area contributed by atoms with E-state index in [0.29, 0.717) is 11.4 Å². The van der Waals surface area contributed by atoms with Gasteiger partial charge in [0.1, 0.15) is 0 Å². The van der Waals surface area contributed by atoms with Gasteiger partial charge in [-0.1, -0.05) is 6.92 Å². The summed E-state index contributed by atoms with van der Waals surface area (Å²) in [5, 5.41) is 2.19. The molecule has 2 N–H and O–H groups in total. The van der Waals surface area contributed by atoms with Gasteiger partial charge in [-0.3, -0.25) is 9.59 Å². The summed E-state index contributed by atoms with van der Waals surface area (Å²) in [6.45, 7) is 4.73. The zero-order valence-corrected chi connectivity index (χ0v) is 11.4. The number of aromatic amines is 1. The normalized spacial score (nSPS) is 13.1. The quantitative estimate of drug-likeness (QED) is 0.889. The van der Waals surface area contributed by atoms with Crippen LogP contribution in [0, 0.1) is 13.8 Å². The van der Waals surface area contributed by atoms with Crippen molar-refractivity contribution in [3.63, 3.8) is 0 Å². The summed E-state index contributed by atoms with van der Waals surface area (Å²) < 4.78 is 36.9. The second-order valence-electron chi connectivity index (χ2n) is 4.52. The van der Waals surface area contributed by atoms with E-state index in [1.54, 1.807) is 13.8 Å². The van der Waals surface area contributed by atoms with Crippen molar-refractivity contribution in [2.75, 3.05) is 0 Å². The molecule has 1 aromatic rings. The van der Waals surface area contributed by atoms with Crippen molar-refractivity contribution < 1.29 is 18.0 Å². The predicted molar refractivity (Wildman–Crippen MR) is 66.5 cm³/mol. The maximum absolute atomic E-state index is 12.3. The SMILES string of the molecule is CC[C@@H](CC(F)(F)F)NC(=O)c1nc(C)c(C)[nH]c1=O. The lowest BCUT2D eigenvalue weighted by molar-refractivity contribution is -0.139. The van der Waals surface area contributed by atoms with Crippen LogP contribution < -0.4 is 10.9 Å². The van der Waals surface area contributed by atoms with Crippen LogP contribution in [-0.4, -0.2) is 28.1 Å². The highest BCUT2D eigenvalue weighted by Crippen LogP contribution is 2.22. The molecular weight excluding hydrogens is 275 g/mol. The fourth-order valence-electron chi connectivity index (χ4n) is 1.61. The summed E-state index contributed by atoms with van der Waals surface area (Å²) in [4.78, 5) is 29.7. The fraction of sp³-hybridized carbons (Fsp3) is 0.583. The van der Waals surface area contributed by atoms with Gasteiger partial charge < -0.3 is 10.3 Å². The van der Waals surface area contributed by atoms with Gasteiger partial charge in [0.05, 0.1) is 12.1 Å². The molecule has 0 aliphatic rings. The Morgan fingerprint density at radius 1 is 1.40 bits per heavy atom. The maximum Gasteiger partial charge on any atom is 0.391 e. The van der Waals surface area contributed by atoms with E-state index in [9.17, 15) is 22.8 Å². The van der Waals surface area contributed by atoms with E-state index in [-0.39, 0.29) is 6.42 Å². The second-order valence-corrected chi connectivity index (χ2v) is 4.52. The Morgan fingerprint density at radius 3 is 2.50 bits per heavy atom. The van der Waals surface area contributed by atoms with Crippen LogP contribution in [-0.2, 0) is 0 Å². The van der Waals surface area contributed by atoms with E-state index >= 15 is 0 Å². The van der Waals surface area contributed by atoms with E-state index in [2.05, 4.69) is 15.3 Å². The highest BCUT2D eigenvalue weighted by Gasteiger charge is 2.32. The molecule has 0 spiro atoms. The Labute approximate surface area is 113 Å². The molecule has 0 unspecified atom stereocenters. The molecule has 0 saturated heterocycles. The van der Waals surface area contributed by atoms with Crippen LogP contribution in [0.2, 0.25) is 0 Å². The highest BCUT2D eigenvalue weighted by molar-refractivity contribution is 5.92. The lowest BCUT2D eigenvalue weighted by Crippen LogP contribution is -2.40.